The average molecular weight is 331 g/mol. The maximum absolute atomic E-state index is 12.8. The number of nitrogens with one attached hydrogen (secondary N) is 1. The molecule has 0 aliphatic carbocycles. The smallest absolute Gasteiger partial charge is 0.223 e. The van der Waals surface area contributed by atoms with Crippen molar-refractivity contribution in [3.8, 4) is 17.2 Å². The van der Waals surface area contributed by atoms with E-state index >= 15 is 0 Å². The number of rotatable bonds is 6. The molecule has 0 bridgehead atoms. The zero-order valence-corrected chi connectivity index (χ0v) is 13.0. The molecule has 2 aromatic carbocycles. The van der Waals surface area contributed by atoms with Crippen LogP contribution in [0.1, 0.15) is 6.42 Å². The Kier molecular flexibility index (Phi) is 5.15. The summed E-state index contributed by atoms with van der Waals surface area (Å²) in [5.41, 5.74) is 0. The van der Waals surface area contributed by atoms with Crippen molar-refractivity contribution in [2.45, 2.75) is 12.5 Å². The van der Waals surface area contributed by atoms with Crippen LogP contribution in [0, 0.1) is 5.82 Å². The standard InChI is InChI=1S/C18H18FNO4/c19-13-5-7-14(8-6-13)22-10-9-18(21)20-11-15-12-23-16-3-1-2-4-17(16)24-15/h1-8,15H,9-12H2,(H,20,21). The minimum Gasteiger partial charge on any atom is -0.493 e. The lowest BCUT2D eigenvalue weighted by molar-refractivity contribution is -0.122. The first-order valence-corrected chi connectivity index (χ1v) is 7.74. The molecule has 0 saturated heterocycles. The molecule has 0 radical (unpaired) electrons. The predicted molar refractivity (Wildman–Crippen MR) is 85.9 cm³/mol. The SMILES string of the molecule is O=C(CCOc1ccc(F)cc1)NCC1COc2ccccc2O1. The van der Waals surface area contributed by atoms with Gasteiger partial charge < -0.3 is 19.5 Å². The first kappa shape index (κ1) is 16.1. The van der Waals surface area contributed by atoms with Crippen molar-refractivity contribution in [1.82, 2.24) is 5.32 Å². The van der Waals surface area contributed by atoms with Gasteiger partial charge in [-0.1, -0.05) is 12.1 Å². The van der Waals surface area contributed by atoms with E-state index in [0.29, 0.717) is 30.4 Å². The summed E-state index contributed by atoms with van der Waals surface area (Å²) in [6, 6.07) is 13.1. The summed E-state index contributed by atoms with van der Waals surface area (Å²) < 4.78 is 29.5. The maximum Gasteiger partial charge on any atom is 0.223 e. The molecular formula is C18H18FNO4. The summed E-state index contributed by atoms with van der Waals surface area (Å²) in [6.07, 6.45) is -0.0106. The number of hydrogen-bond acceptors (Lipinski definition) is 4. The molecule has 6 heteroatoms. The first-order valence-electron chi connectivity index (χ1n) is 7.74. The zero-order valence-electron chi connectivity index (χ0n) is 13.0. The fourth-order valence-corrected chi connectivity index (χ4v) is 2.27. The minimum atomic E-state index is -0.323. The number of carbonyl (C=O) groups excluding carboxylic acids is 1. The number of amides is 1. The molecule has 0 saturated carbocycles. The Morgan fingerprint density at radius 3 is 2.71 bits per heavy atom. The van der Waals surface area contributed by atoms with E-state index in [-0.39, 0.29) is 30.9 Å². The van der Waals surface area contributed by atoms with E-state index in [9.17, 15) is 9.18 Å². The molecular weight excluding hydrogens is 313 g/mol. The van der Waals surface area contributed by atoms with Gasteiger partial charge in [-0.15, -0.1) is 0 Å². The Hall–Kier alpha value is -2.76. The van der Waals surface area contributed by atoms with Crippen molar-refractivity contribution >= 4 is 5.91 Å². The summed E-state index contributed by atoms with van der Waals surface area (Å²) >= 11 is 0. The normalized spacial score (nSPS) is 15.6. The Bertz CT molecular complexity index is 690. The molecule has 1 aliphatic heterocycles. The number of fused-ring (bicyclic) bond motifs is 1. The van der Waals surface area contributed by atoms with Crippen molar-refractivity contribution in [3.05, 3.63) is 54.3 Å². The fraction of sp³-hybridized carbons (Fsp3) is 0.278. The largest absolute Gasteiger partial charge is 0.493 e. The van der Waals surface area contributed by atoms with Crippen molar-refractivity contribution in [2.75, 3.05) is 19.8 Å². The number of benzene rings is 2. The maximum atomic E-state index is 12.8. The van der Waals surface area contributed by atoms with Gasteiger partial charge in [0, 0.05) is 0 Å². The van der Waals surface area contributed by atoms with Crippen molar-refractivity contribution < 1.29 is 23.4 Å². The quantitative estimate of drug-likeness (QED) is 0.884. The van der Waals surface area contributed by atoms with Crippen LogP contribution in [0.25, 0.3) is 0 Å². The molecule has 1 amide bonds. The van der Waals surface area contributed by atoms with Crippen LogP contribution < -0.4 is 19.5 Å². The summed E-state index contributed by atoms with van der Waals surface area (Å²) in [4.78, 5) is 11.8. The summed E-state index contributed by atoms with van der Waals surface area (Å²) in [6.45, 7) is 0.982. The minimum absolute atomic E-state index is 0.139. The summed E-state index contributed by atoms with van der Waals surface area (Å²) in [5, 5.41) is 2.79. The van der Waals surface area contributed by atoms with Gasteiger partial charge in [-0.05, 0) is 36.4 Å². The molecule has 2 aromatic rings. The van der Waals surface area contributed by atoms with E-state index in [4.69, 9.17) is 14.2 Å². The monoisotopic (exact) mass is 331 g/mol. The molecule has 1 N–H and O–H groups in total. The highest BCUT2D eigenvalue weighted by Crippen LogP contribution is 2.30. The van der Waals surface area contributed by atoms with Crippen molar-refractivity contribution in [1.29, 1.82) is 0 Å². The van der Waals surface area contributed by atoms with Crippen LogP contribution in [0.15, 0.2) is 48.5 Å². The van der Waals surface area contributed by atoms with Crippen LogP contribution in [0.3, 0.4) is 0 Å². The van der Waals surface area contributed by atoms with Gasteiger partial charge in [-0.3, -0.25) is 4.79 Å². The second-order valence-corrected chi connectivity index (χ2v) is 5.35. The first-order chi connectivity index (χ1) is 11.7. The Morgan fingerprint density at radius 2 is 1.92 bits per heavy atom. The molecule has 0 aromatic heterocycles. The van der Waals surface area contributed by atoms with Crippen molar-refractivity contribution in [3.63, 3.8) is 0 Å². The highest BCUT2D eigenvalue weighted by Gasteiger charge is 2.20. The van der Waals surface area contributed by atoms with Gasteiger partial charge in [0.15, 0.2) is 11.5 Å². The lowest BCUT2D eigenvalue weighted by Crippen LogP contribution is -2.41. The predicted octanol–water partition coefficient (Wildman–Crippen LogP) is 2.55. The van der Waals surface area contributed by atoms with Gasteiger partial charge in [0.1, 0.15) is 24.3 Å². The highest BCUT2D eigenvalue weighted by atomic mass is 19.1. The van der Waals surface area contributed by atoms with E-state index in [0.717, 1.165) is 0 Å². The molecule has 1 aliphatic rings. The zero-order chi connectivity index (χ0) is 16.8. The second kappa shape index (κ2) is 7.68. The van der Waals surface area contributed by atoms with E-state index in [1.807, 2.05) is 24.3 Å². The summed E-state index contributed by atoms with van der Waals surface area (Å²) in [7, 11) is 0. The number of carbonyl (C=O) groups is 1. The second-order valence-electron chi connectivity index (χ2n) is 5.35. The fourth-order valence-electron chi connectivity index (χ4n) is 2.27. The molecule has 1 atom stereocenters. The molecule has 1 heterocycles. The van der Waals surface area contributed by atoms with Crippen LogP contribution in [-0.4, -0.2) is 31.8 Å². The average Bonchev–Trinajstić information content (AvgIpc) is 2.61. The Balaban J connectivity index is 1.36. The molecule has 5 nitrogen and oxygen atoms in total. The molecule has 24 heavy (non-hydrogen) atoms. The number of para-hydroxylation sites is 2. The topological polar surface area (TPSA) is 56.8 Å². The Labute approximate surface area is 139 Å². The van der Waals surface area contributed by atoms with Crippen LogP contribution in [0.2, 0.25) is 0 Å². The molecule has 0 spiro atoms. The van der Waals surface area contributed by atoms with Gasteiger partial charge >= 0.3 is 0 Å². The van der Waals surface area contributed by atoms with Crippen LogP contribution in [0.4, 0.5) is 4.39 Å². The van der Waals surface area contributed by atoms with Crippen molar-refractivity contribution in [2.24, 2.45) is 0 Å². The number of hydrogen-bond donors (Lipinski definition) is 1. The van der Waals surface area contributed by atoms with Gasteiger partial charge in [0.05, 0.1) is 19.6 Å². The van der Waals surface area contributed by atoms with Crippen LogP contribution >= 0.6 is 0 Å². The molecule has 1 unspecified atom stereocenters. The number of halogens is 1. The molecule has 0 fully saturated rings. The third kappa shape index (κ3) is 4.38. The molecule has 3 rings (SSSR count). The third-order valence-corrected chi connectivity index (χ3v) is 3.51. The van der Waals surface area contributed by atoms with Gasteiger partial charge in [-0.2, -0.15) is 0 Å². The van der Waals surface area contributed by atoms with Crippen LogP contribution in [0.5, 0.6) is 17.2 Å². The third-order valence-electron chi connectivity index (χ3n) is 3.51. The van der Waals surface area contributed by atoms with E-state index in [1.54, 1.807) is 0 Å². The van der Waals surface area contributed by atoms with E-state index < -0.39 is 0 Å². The number of ether oxygens (including phenoxy) is 3. The lowest BCUT2D eigenvalue weighted by atomic mass is 10.2. The van der Waals surface area contributed by atoms with E-state index in [2.05, 4.69) is 5.32 Å². The van der Waals surface area contributed by atoms with Crippen LogP contribution in [-0.2, 0) is 4.79 Å². The van der Waals surface area contributed by atoms with Gasteiger partial charge in [0.25, 0.3) is 0 Å². The summed E-state index contributed by atoms with van der Waals surface area (Å²) in [5.74, 6) is 1.47. The lowest BCUT2D eigenvalue weighted by Gasteiger charge is -2.26. The van der Waals surface area contributed by atoms with E-state index in [1.165, 1.54) is 24.3 Å². The molecule has 126 valence electrons. The van der Waals surface area contributed by atoms with Gasteiger partial charge in [0.2, 0.25) is 5.91 Å². The highest BCUT2D eigenvalue weighted by molar-refractivity contribution is 5.76. The Morgan fingerprint density at radius 1 is 1.17 bits per heavy atom. The van der Waals surface area contributed by atoms with Gasteiger partial charge in [-0.25, -0.2) is 4.39 Å².